The number of alkyl halides is 3. The number of allylic oxidation sites excluding steroid dienone is 3. The van der Waals surface area contributed by atoms with Crippen LogP contribution in [-0.2, 0) is 12.7 Å². The quantitative estimate of drug-likeness (QED) is 0.298. The number of nitrogens with one attached hydrogen (secondary N) is 2. The maximum Gasteiger partial charge on any atom is 0.416 e. The molecule has 3 heterocycles. The number of aliphatic imine (C=N–C) groups is 1. The fourth-order valence-corrected chi connectivity index (χ4v) is 5.28. The molecule has 1 unspecified atom stereocenters. The number of nitrogens with zero attached hydrogens (tertiary/aromatic N) is 5. The number of benzene rings is 2. The fraction of sp³-hybridized carbons (Fsp3) is 0.333. The zero-order valence-electron chi connectivity index (χ0n) is 25.0. The minimum absolute atomic E-state index is 0.0646. The highest BCUT2D eigenvalue weighted by molar-refractivity contribution is 6.09. The van der Waals surface area contributed by atoms with Gasteiger partial charge in [-0.1, -0.05) is 24.3 Å². The number of carbonyl (C=O) groups excluding carboxylic acids is 1. The Bertz CT molecular complexity index is 1580. The number of hydrogen-bond acceptors (Lipinski definition) is 7. The van der Waals surface area contributed by atoms with E-state index in [-0.39, 0.29) is 17.7 Å². The van der Waals surface area contributed by atoms with Crippen molar-refractivity contribution < 1.29 is 18.0 Å². The van der Waals surface area contributed by atoms with Crippen LogP contribution in [0.25, 0.3) is 5.57 Å². The molecule has 0 spiro atoms. The molecule has 1 atom stereocenters. The highest BCUT2D eigenvalue weighted by atomic mass is 19.4. The molecule has 11 heteroatoms. The van der Waals surface area contributed by atoms with E-state index >= 15 is 0 Å². The van der Waals surface area contributed by atoms with Crippen LogP contribution in [0.2, 0.25) is 0 Å². The smallest absolute Gasteiger partial charge is 0.324 e. The summed E-state index contributed by atoms with van der Waals surface area (Å²) >= 11 is 0. The minimum atomic E-state index is -4.58. The molecular formula is C33H36F3N7O. The summed E-state index contributed by atoms with van der Waals surface area (Å²) in [5, 5.41) is 5.90. The van der Waals surface area contributed by atoms with Gasteiger partial charge < -0.3 is 15.5 Å². The Morgan fingerprint density at radius 2 is 1.89 bits per heavy atom. The lowest BCUT2D eigenvalue weighted by molar-refractivity contribution is -0.138. The van der Waals surface area contributed by atoms with Gasteiger partial charge in [-0.25, -0.2) is 9.97 Å². The van der Waals surface area contributed by atoms with Gasteiger partial charge in [-0.2, -0.15) is 13.2 Å². The van der Waals surface area contributed by atoms with Crippen LogP contribution < -0.4 is 10.6 Å². The number of amides is 1. The van der Waals surface area contributed by atoms with E-state index in [2.05, 4.69) is 36.6 Å². The number of halogens is 3. The number of hydrogen-bond donors (Lipinski definition) is 2. The first-order valence-corrected chi connectivity index (χ1v) is 14.6. The Kier molecular flexibility index (Phi) is 9.55. The number of anilines is 3. The monoisotopic (exact) mass is 603 g/mol. The van der Waals surface area contributed by atoms with Crippen molar-refractivity contribution in [2.75, 3.05) is 37.8 Å². The van der Waals surface area contributed by atoms with Crippen molar-refractivity contribution in [2.24, 2.45) is 4.99 Å². The van der Waals surface area contributed by atoms with Crippen molar-refractivity contribution in [3.05, 3.63) is 95.0 Å². The van der Waals surface area contributed by atoms with Gasteiger partial charge in [0.2, 0.25) is 5.95 Å². The van der Waals surface area contributed by atoms with E-state index in [1.807, 2.05) is 32.0 Å². The molecule has 1 aromatic heterocycles. The molecule has 0 radical (unpaired) electrons. The number of carbonyl (C=O) groups is 1. The van der Waals surface area contributed by atoms with Gasteiger partial charge in [0.05, 0.1) is 5.56 Å². The van der Waals surface area contributed by atoms with Crippen LogP contribution in [0.3, 0.4) is 0 Å². The molecule has 2 aliphatic rings. The van der Waals surface area contributed by atoms with E-state index < -0.39 is 17.6 Å². The van der Waals surface area contributed by atoms with Gasteiger partial charge >= 0.3 is 6.18 Å². The van der Waals surface area contributed by atoms with Crippen LogP contribution in [0.4, 0.5) is 30.5 Å². The summed E-state index contributed by atoms with van der Waals surface area (Å²) in [6.45, 7) is 3.50. The molecule has 1 amide bonds. The third-order valence-electron chi connectivity index (χ3n) is 7.88. The van der Waals surface area contributed by atoms with E-state index in [1.165, 1.54) is 12.1 Å². The van der Waals surface area contributed by atoms with Crippen molar-refractivity contribution in [1.29, 1.82) is 0 Å². The summed E-state index contributed by atoms with van der Waals surface area (Å²) in [6.07, 6.45) is 9.22. The van der Waals surface area contributed by atoms with E-state index in [4.69, 9.17) is 0 Å². The molecule has 8 nitrogen and oxygen atoms in total. The van der Waals surface area contributed by atoms with Gasteiger partial charge in [0.25, 0.3) is 5.91 Å². The summed E-state index contributed by atoms with van der Waals surface area (Å²) in [4.78, 5) is 30.3. The Balaban J connectivity index is 1.28. The predicted molar refractivity (Wildman–Crippen MR) is 168 cm³/mol. The van der Waals surface area contributed by atoms with Gasteiger partial charge in [0, 0.05) is 73.0 Å². The number of aryl methyl sites for hydroxylation is 1. The molecule has 3 aromatic rings. The van der Waals surface area contributed by atoms with Gasteiger partial charge in [-0.3, -0.25) is 14.7 Å². The average molecular weight is 604 g/mol. The van der Waals surface area contributed by atoms with Crippen molar-refractivity contribution in [1.82, 2.24) is 19.8 Å². The van der Waals surface area contributed by atoms with E-state index in [0.717, 1.165) is 48.6 Å². The summed E-state index contributed by atoms with van der Waals surface area (Å²) in [5.74, 6) is -0.265. The topological polar surface area (TPSA) is 85.8 Å². The van der Waals surface area contributed by atoms with Crippen molar-refractivity contribution in [3.8, 4) is 0 Å². The van der Waals surface area contributed by atoms with Gasteiger partial charge in [-0.05, 0) is 81.2 Å². The summed E-state index contributed by atoms with van der Waals surface area (Å²) in [6, 6.07) is 9.33. The van der Waals surface area contributed by atoms with Crippen LogP contribution in [0.1, 0.15) is 51.9 Å². The number of likely N-dealkylation sites (N-methyl/N-ethyl adjacent to an activating group) is 1. The highest BCUT2D eigenvalue weighted by Gasteiger charge is 2.35. The number of rotatable bonds is 8. The SMILES string of the molecule is Cc1ccc(NC(=O)c2ccc(CN3CCC(N(C)C)C3)c(C(F)(F)F)c2)cc1Nc1ncc(C2=CCCC=CN=C2)cn1. The molecule has 1 fully saturated rings. The highest BCUT2D eigenvalue weighted by Crippen LogP contribution is 2.34. The van der Waals surface area contributed by atoms with Crippen LogP contribution in [0, 0.1) is 6.92 Å². The van der Waals surface area contributed by atoms with E-state index in [0.29, 0.717) is 29.9 Å². The van der Waals surface area contributed by atoms with Crippen LogP contribution in [0.5, 0.6) is 0 Å². The molecule has 2 N–H and O–H groups in total. The van der Waals surface area contributed by atoms with Crippen molar-refractivity contribution >= 4 is 35.0 Å². The molecule has 0 bridgehead atoms. The number of likely N-dealkylation sites (tertiary alicyclic amines) is 1. The van der Waals surface area contributed by atoms with Crippen LogP contribution >= 0.6 is 0 Å². The van der Waals surface area contributed by atoms with Crippen LogP contribution in [0.15, 0.2) is 72.1 Å². The second kappa shape index (κ2) is 13.5. The lowest BCUT2D eigenvalue weighted by Crippen LogP contribution is -2.31. The van der Waals surface area contributed by atoms with Gasteiger partial charge in [0.1, 0.15) is 0 Å². The fourth-order valence-electron chi connectivity index (χ4n) is 5.28. The van der Waals surface area contributed by atoms with Gasteiger partial charge in [0.15, 0.2) is 0 Å². The lowest BCUT2D eigenvalue weighted by atomic mass is 10.0. The first kappa shape index (κ1) is 31.1. The van der Waals surface area contributed by atoms with Crippen molar-refractivity contribution in [2.45, 2.75) is 44.9 Å². The lowest BCUT2D eigenvalue weighted by Gasteiger charge is -2.22. The molecule has 44 heavy (non-hydrogen) atoms. The summed E-state index contributed by atoms with van der Waals surface area (Å²) in [7, 11) is 3.96. The predicted octanol–water partition coefficient (Wildman–Crippen LogP) is 6.70. The molecule has 1 saturated heterocycles. The minimum Gasteiger partial charge on any atom is -0.324 e. The zero-order valence-corrected chi connectivity index (χ0v) is 25.0. The molecule has 0 saturated carbocycles. The summed E-state index contributed by atoms with van der Waals surface area (Å²) in [5.41, 5.74) is 3.05. The first-order chi connectivity index (χ1) is 21.1. The summed E-state index contributed by atoms with van der Waals surface area (Å²) < 4.78 is 42.2. The number of aromatic nitrogens is 2. The molecule has 2 aliphatic heterocycles. The van der Waals surface area contributed by atoms with E-state index in [1.54, 1.807) is 43.0 Å². The molecule has 230 valence electrons. The molecular weight excluding hydrogens is 567 g/mol. The molecule has 2 aromatic carbocycles. The molecule has 0 aliphatic carbocycles. The molecule has 5 rings (SSSR count). The third-order valence-corrected chi connectivity index (χ3v) is 7.88. The largest absolute Gasteiger partial charge is 0.416 e. The third kappa shape index (κ3) is 7.78. The standard InChI is InChI=1S/C33H36F3N7O/c1-22-8-11-27(16-30(22)41-32-38-18-26(19-39-32)24-7-5-4-6-13-37-17-24)40-31(44)23-9-10-25(29(15-23)33(34,35)36)20-43-14-12-28(21-43)42(2)3/h6-11,13,15-19,28H,4-5,12,14,20-21H2,1-3H3,(H,40,44)(H,38,39,41). The Hall–Kier alpha value is -4.35. The van der Waals surface area contributed by atoms with Crippen molar-refractivity contribution in [3.63, 3.8) is 0 Å². The second-order valence-electron chi connectivity index (χ2n) is 11.3. The Labute approximate surface area is 255 Å². The normalized spacial score (nSPS) is 17.3. The first-order valence-electron chi connectivity index (χ1n) is 14.6. The Morgan fingerprint density at radius 3 is 2.61 bits per heavy atom. The van der Waals surface area contributed by atoms with E-state index in [9.17, 15) is 18.0 Å². The maximum absolute atomic E-state index is 14.1. The zero-order chi connectivity index (χ0) is 31.3. The van der Waals surface area contributed by atoms with Gasteiger partial charge in [-0.15, -0.1) is 0 Å². The maximum atomic E-state index is 14.1. The Morgan fingerprint density at radius 1 is 1.09 bits per heavy atom. The van der Waals surface area contributed by atoms with Crippen LogP contribution in [-0.4, -0.2) is 65.1 Å². The average Bonchev–Trinajstić information content (AvgIpc) is 3.44. The second-order valence-corrected chi connectivity index (χ2v) is 11.3.